The van der Waals surface area contributed by atoms with Gasteiger partial charge < -0.3 is 15.0 Å². The lowest BCUT2D eigenvalue weighted by molar-refractivity contribution is -0.145. The molecule has 1 aliphatic heterocycles. The van der Waals surface area contributed by atoms with E-state index in [1.165, 1.54) is 11.3 Å². The number of benzene rings is 1. The Morgan fingerprint density at radius 3 is 2.95 bits per heavy atom. The Morgan fingerprint density at radius 1 is 1.50 bits per heavy atom. The first-order chi connectivity index (χ1) is 9.67. The number of fused-ring (bicyclic) bond motifs is 1. The number of nitrogens with zero attached hydrogens (tertiary/aromatic N) is 1. The van der Waals surface area contributed by atoms with E-state index < -0.39 is 0 Å². The third-order valence-corrected chi connectivity index (χ3v) is 3.93. The van der Waals surface area contributed by atoms with Crippen LogP contribution in [0.15, 0.2) is 24.3 Å². The van der Waals surface area contributed by atoms with Gasteiger partial charge in [-0.1, -0.05) is 18.2 Å². The second kappa shape index (κ2) is 6.75. The number of rotatable bonds is 6. The minimum Gasteiger partial charge on any atom is -0.465 e. The number of esters is 1. The predicted octanol–water partition coefficient (Wildman–Crippen LogP) is 1.98. The Balaban J connectivity index is 1.98. The Bertz CT molecular complexity index is 462. The van der Waals surface area contributed by atoms with Gasteiger partial charge in [-0.15, -0.1) is 0 Å². The van der Waals surface area contributed by atoms with Gasteiger partial charge in [-0.2, -0.15) is 0 Å². The second-order valence-corrected chi connectivity index (χ2v) is 5.26. The molecule has 0 saturated carbocycles. The fourth-order valence-corrected chi connectivity index (χ4v) is 2.86. The lowest BCUT2D eigenvalue weighted by atomic mass is 10.1. The Morgan fingerprint density at radius 2 is 2.25 bits per heavy atom. The Labute approximate surface area is 121 Å². The number of hydrogen-bond donors (Lipinski definition) is 1. The number of para-hydroxylation sites is 1. The van der Waals surface area contributed by atoms with Crippen molar-refractivity contribution in [3.63, 3.8) is 0 Å². The summed E-state index contributed by atoms with van der Waals surface area (Å²) in [4.78, 5) is 14.2. The van der Waals surface area contributed by atoms with E-state index in [9.17, 15) is 4.79 Å². The first kappa shape index (κ1) is 14.9. The van der Waals surface area contributed by atoms with Gasteiger partial charge in [0.05, 0.1) is 6.61 Å². The number of likely N-dealkylation sites (N-methyl/N-ethyl adjacent to an activating group) is 1. The average Bonchev–Trinajstić information content (AvgIpc) is 2.76. The molecule has 20 heavy (non-hydrogen) atoms. The number of carbonyl (C=O) groups is 1. The minimum atomic E-state index is -0.227. The number of nitrogens with one attached hydrogen (secondary N) is 1. The normalized spacial score (nSPS) is 18.8. The number of ether oxygens (including phenoxy) is 1. The molecule has 2 rings (SSSR count). The molecule has 110 valence electrons. The molecule has 0 saturated heterocycles. The van der Waals surface area contributed by atoms with Crippen molar-refractivity contribution in [2.24, 2.45) is 0 Å². The molecular weight excluding hydrogens is 252 g/mol. The predicted molar refractivity (Wildman–Crippen MR) is 81.1 cm³/mol. The van der Waals surface area contributed by atoms with Crippen molar-refractivity contribution in [3.05, 3.63) is 29.8 Å². The highest BCUT2D eigenvalue weighted by Gasteiger charge is 2.27. The molecule has 1 aliphatic rings. The highest BCUT2D eigenvalue weighted by Crippen LogP contribution is 2.31. The van der Waals surface area contributed by atoms with Crippen molar-refractivity contribution in [2.75, 3.05) is 25.1 Å². The van der Waals surface area contributed by atoms with Gasteiger partial charge in [0.25, 0.3) is 0 Å². The molecule has 0 aliphatic carbocycles. The summed E-state index contributed by atoms with van der Waals surface area (Å²) in [6.07, 6.45) is 1.84. The first-order valence-corrected chi connectivity index (χ1v) is 7.35. The lowest BCUT2D eigenvalue weighted by Gasteiger charge is -2.26. The van der Waals surface area contributed by atoms with Gasteiger partial charge in [-0.25, -0.2) is 0 Å². The molecule has 4 heteroatoms. The van der Waals surface area contributed by atoms with Gasteiger partial charge >= 0.3 is 5.97 Å². The summed E-state index contributed by atoms with van der Waals surface area (Å²) in [5, 5.41) is 3.05. The van der Waals surface area contributed by atoms with Crippen molar-refractivity contribution < 1.29 is 9.53 Å². The molecule has 1 heterocycles. The Hall–Kier alpha value is -1.55. The van der Waals surface area contributed by atoms with Crippen LogP contribution in [0.1, 0.15) is 25.8 Å². The van der Waals surface area contributed by atoms with Crippen molar-refractivity contribution in [3.8, 4) is 0 Å². The molecule has 0 fully saturated rings. The topological polar surface area (TPSA) is 41.6 Å². The fraction of sp³-hybridized carbons (Fsp3) is 0.562. The minimum absolute atomic E-state index is 0.157. The maximum Gasteiger partial charge on any atom is 0.323 e. The van der Waals surface area contributed by atoms with E-state index in [1.807, 2.05) is 14.0 Å². The molecule has 0 aromatic heterocycles. The van der Waals surface area contributed by atoms with Gasteiger partial charge in [-0.3, -0.25) is 4.79 Å². The van der Waals surface area contributed by atoms with E-state index in [2.05, 4.69) is 41.4 Å². The first-order valence-electron chi connectivity index (χ1n) is 7.35. The SMILES string of the molecule is CCOC(=O)C(CCN1c2ccccc2CC1C)NC. The maximum absolute atomic E-state index is 11.8. The standard InChI is InChI=1S/C16H24N2O2/c1-4-20-16(19)14(17-3)9-10-18-12(2)11-13-7-5-6-8-15(13)18/h5-8,12,14,17H,4,9-11H2,1-3H3. The average molecular weight is 276 g/mol. The highest BCUT2D eigenvalue weighted by atomic mass is 16.5. The molecule has 1 aromatic rings. The lowest BCUT2D eigenvalue weighted by Crippen LogP contribution is -2.40. The zero-order chi connectivity index (χ0) is 14.5. The number of anilines is 1. The molecule has 1 aromatic carbocycles. The van der Waals surface area contributed by atoms with Gasteiger partial charge in [0, 0.05) is 18.3 Å². The molecular formula is C16H24N2O2. The highest BCUT2D eigenvalue weighted by molar-refractivity contribution is 5.75. The molecule has 0 spiro atoms. The van der Waals surface area contributed by atoms with E-state index >= 15 is 0 Å². The van der Waals surface area contributed by atoms with Crippen molar-refractivity contribution in [1.82, 2.24) is 5.32 Å². The fourth-order valence-electron chi connectivity index (χ4n) is 2.86. The van der Waals surface area contributed by atoms with E-state index in [0.29, 0.717) is 12.6 Å². The summed E-state index contributed by atoms with van der Waals surface area (Å²) >= 11 is 0. The third-order valence-electron chi connectivity index (χ3n) is 3.93. The molecule has 0 amide bonds. The van der Waals surface area contributed by atoms with Crippen LogP contribution in [0.25, 0.3) is 0 Å². The zero-order valence-electron chi connectivity index (χ0n) is 12.6. The van der Waals surface area contributed by atoms with Crippen molar-refractivity contribution in [1.29, 1.82) is 0 Å². The second-order valence-electron chi connectivity index (χ2n) is 5.26. The van der Waals surface area contributed by atoms with Crippen molar-refractivity contribution in [2.45, 2.75) is 38.8 Å². The molecule has 4 nitrogen and oxygen atoms in total. The Kier molecular flexibility index (Phi) is 5.01. The van der Waals surface area contributed by atoms with Gasteiger partial charge in [-0.05, 0) is 45.4 Å². The molecule has 1 N–H and O–H groups in total. The van der Waals surface area contributed by atoms with Crippen LogP contribution < -0.4 is 10.2 Å². The summed E-state index contributed by atoms with van der Waals surface area (Å²) in [5.41, 5.74) is 2.70. The largest absolute Gasteiger partial charge is 0.465 e. The van der Waals surface area contributed by atoms with Crippen LogP contribution in [0.5, 0.6) is 0 Å². The van der Waals surface area contributed by atoms with Gasteiger partial charge in [0.1, 0.15) is 6.04 Å². The van der Waals surface area contributed by atoms with E-state index in [4.69, 9.17) is 4.74 Å². The smallest absolute Gasteiger partial charge is 0.323 e. The number of carbonyl (C=O) groups excluding carboxylic acids is 1. The van der Waals surface area contributed by atoms with Crippen LogP contribution in [0.2, 0.25) is 0 Å². The van der Waals surface area contributed by atoms with E-state index in [-0.39, 0.29) is 12.0 Å². The summed E-state index contributed by atoms with van der Waals surface area (Å²) in [6, 6.07) is 8.78. The molecule has 2 unspecified atom stereocenters. The van der Waals surface area contributed by atoms with E-state index in [1.54, 1.807) is 0 Å². The van der Waals surface area contributed by atoms with Crippen LogP contribution in [-0.2, 0) is 16.0 Å². The molecule has 0 bridgehead atoms. The van der Waals surface area contributed by atoms with Gasteiger partial charge in [0.15, 0.2) is 0 Å². The van der Waals surface area contributed by atoms with Crippen LogP contribution >= 0.6 is 0 Å². The van der Waals surface area contributed by atoms with E-state index in [0.717, 1.165) is 19.4 Å². The van der Waals surface area contributed by atoms with Crippen LogP contribution in [-0.4, -0.2) is 38.3 Å². The summed E-state index contributed by atoms with van der Waals surface area (Å²) in [7, 11) is 1.81. The summed E-state index contributed by atoms with van der Waals surface area (Å²) < 4.78 is 5.09. The van der Waals surface area contributed by atoms with Crippen LogP contribution in [0.3, 0.4) is 0 Å². The molecule has 2 atom stereocenters. The van der Waals surface area contributed by atoms with Gasteiger partial charge in [0.2, 0.25) is 0 Å². The number of hydrogen-bond acceptors (Lipinski definition) is 4. The zero-order valence-corrected chi connectivity index (χ0v) is 12.6. The third kappa shape index (κ3) is 3.12. The monoisotopic (exact) mass is 276 g/mol. The summed E-state index contributed by atoms with van der Waals surface area (Å²) in [6.45, 7) is 5.37. The molecule has 0 radical (unpaired) electrons. The maximum atomic E-state index is 11.8. The van der Waals surface area contributed by atoms with Crippen molar-refractivity contribution >= 4 is 11.7 Å². The van der Waals surface area contributed by atoms with Crippen LogP contribution in [0, 0.1) is 0 Å². The van der Waals surface area contributed by atoms with Crippen LogP contribution in [0.4, 0.5) is 5.69 Å². The quantitative estimate of drug-likeness (QED) is 0.807. The summed E-state index contributed by atoms with van der Waals surface area (Å²) in [5.74, 6) is -0.157.